The predicted molar refractivity (Wildman–Crippen MR) is 91.9 cm³/mol. The van der Waals surface area contributed by atoms with Gasteiger partial charge < -0.3 is 10.1 Å². The fourth-order valence-electron chi connectivity index (χ4n) is 3.65. The molecule has 1 N–H and O–H groups in total. The van der Waals surface area contributed by atoms with Crippen molar-refractivity contribution in [2.75, 3.05) is 32.8 Å². The lowest BCUT2D eigenvalue weighted by Gasteiger charge is -2.49. The Morgan fingerprint density at radius 3 is 2.33 bits per heavy atom. The normalized spacial score (nSPS) is 22.7. The maximum Gasteiger partial charge on any atom is 0.0594 e. The van der Waals surface area contributed by atoms with E-state index >= 15 is 0 Å². The van der Waals surface area contributed by atoms with Crippen molar-refractivity contribution < 1.29 is 4.74 Å². The van der Waals surface area contributed by atoms with Crippen molar-refractivity contribution in [3.63, 3.8) is 0 Å². The van der Waals surface area contributed by atoms with Crippen LogP contribution in [-0.4, -0.2) is 49.3 Å². The van der Waals surface area contributed by atoms with Gasteiger partial charge in [0.2, 0.25) is 0 Å². The van der Waals surface area contributed by atoms with E-state index in [1.165, 1.54) is 32.1 Å². The van der Waals surface area contributed by atoms with Crippen molar-refractivity contribution in [3.8, 4) is 0 Å². The first kappa shape index (κ1) is 18.9. The molecule has 0 aromatic heterocycles. The highest BCUT2D eigenvalue weighted by molar-refractivity contribution is 4.97. The van der Waals surface area contributed by atoms with Crippen LogP contribution < -0.4 is 5.32 Å². The van der Waals surface area contributed by atoms with Crippen LogP contribution >= 0.6 is 0 Å². The van der Waals surface area contributed by atoms with Crippen molar-refractivity contribution in [2.45, 2.75) is 78.3 Å². The molecule has 0 aromatic rings. The van der Waals surface area contributed by atoms with Gasteiger partial charge in [-0.3, -0.25) is 4.90 Å². The highest BCUT2D eigenvalue weighted by atomic mass is 16.5. The lowest BCUT2D eigenvalue weighted by molar-refractivity contribution is -0.0353. The molecule has 0 saturated carbocycles. The number of hydrogen-bond acceptors (Lipinski definition) is 3. The Morgan fingerprint density at radius 1 is 1.14 bits per heavy atom. The summed E-state index contributed by atoms with van der Waals surface area (Å²) in [5.41, 5.74) is 0.251. The molecule has 0 aromatic carbocycles. The highest BCUT2D eigenvalue weighted by Gasteiger charge is 2.38. The second kappa shape index (κ2) is 9.81. The Hall–Kier alpha value is -0.120. The molecule has 3 heteroatoms. The molecule has 1 aliphatic rings. The Bertz CT molecular complexity index is 266. The van der Waals surface area contributed by atoms with E-state index < -0.39 is 0 Å². The number of hydrogen-bond donors (Lipinski definition) is 1. The maximum atomic E-state index is 5.56. The standard InChI is InChI=1S/C18H38N2O/c1-6-9-16(4)15-17(19-10-7-2)18(5,8-3)20-11-13-21-14-12-20/h16-17,19H,6-15H2,1-5H3. The molecular weight excluding hydrogens is 260 g/mol. The van der Waals surface area contributed by atoms with E-state index in [1.807, 2.05) is 0 Å². The van der Waals surface area contributed by atoms with Crippen molar-refractivity contribution in [2.24, 2.45) is 5.92 Å². The zero-order valence-corrected chi connectivity index (χ0v) is 15.1. The van der Waals surface area contributed by atoms with E-state index in [-0.39, 0.29) is 5.54 Å². The van der Waals surface area contributed by atoms with Crippen LogP contribution in [0.25, 0.3) is 0 Å². The van der Waals surface area contributed by atoms with E-state index in [2.05, 4.69) is 44.8 Å². The van der Waals surface area contributed by atoms with E-state index in [1.54, 1.807) is 0 Å². The SMILES string of the molecule is CCCNC(CC(C)CCC)C(C)(CC)N1CCOCC1. The van der Waals surface area contributed by atoms with Crippen LogP contribution in [0.5, 0.6) is 0 Å². The van der Waals surface area contributed by atoms with E-state index in [0.717, 1.165) is 38.8 Å². The summed E-state index contributed by atoms with van der Waals surface area (Å²) in [6.45, 7) is 16.9. The lowest BCUT2D eigenvalue weighted by atomic mass is 9.81. The third kappa shape index (κ3) is 5.54. The maximum absolute atomic E-state index is 5.56. The first-order valence-electron chi connectivity index (χ1n) is 9.14. The largest absolute Gasteiger partial charge is 0.379 e. The Labute approximate surface area is 132 Å². The highest BCUT2D eigenvalue weighted by Crippen LogP contribution is 2.29. The summed E-state index contributed by atoms with van der Waals surface area (Å²) in [6.07, 6.45) is 6.33. The summed E-state index contributed by atoms with van der Waals surface area (Å²) < 4.78 is 5.56. The molecule has 1 saturated heterocycles. The fourth-order valence-corrected chi connectivity index (χ4v) is 3.65. The van der Waals surface area contributed by atoms with E-state index in [4.69, 9.17) is 4.74 Å². The number of nitrogens with zero attached hydrogens (tertiary/aromatic N) is 1. The van der Waals surface area contributed by atoms with Crippen LogP contribution in [0, 0.1) is 5.92 Å². The zero-order chi connectivity index (χ0) is 15.7. The van der Waals surface area contributed by atoms with Gasteiger partial charge in [-0.2, -0.15) is 0 Å². The Kier molecular flexibility index (Phi) is 8.84. The van der Waals surface area contributed by atoms with Gasteiger partial charge in [-0.15, -0.1) is 0 Å². The molecular formula is C18H38N2O. The van der Waals surface area contributed by atoms with Crippen LogP contribution in [0.1, 0.15) is 66.7 Å². The van der Waals surface area contributed by atoms with Crippen LogP contribution in [-0.2, 0) is 4.74 Å². The molecule has 0 radical (unpaired) electrons. The molecule has 3 nitrogen and oxygen atoms in total. The lowest BCUT2D eigenvalue weighted by Crippen LogP contribution is -2.62. The second-order valence-electron chi connectivity index (χ2n) is 6.95. The minimum absolute atomic E-state index is 0.251. The zero-order valence-electron chi connectivity index (χ0n) is 15.1. The fraction of sp³-hybridized carbons (Fsp3) is 1.00. The summed E-state index contributed by atoms with van der Waals surface area (Å²) in [6, 6.07) is 0.585. The van der Waals surface area contributed by atoms with Gasteiger partial charge in [0, 0.05) is 24.7 Å². The molecule has 0 aliphatic carbocycles. The smallest absolute Gasteiger partial charge is 0.0594 e. The Balaban J connectivity index is 2.78. The third-order valence-electron chi connectivity index (χ3n) is 5.26. The molecule has 0 spiro atoms. The molecule has 1 rings (SSSR count). The predicted octanol–water partition coefficient (Wildman–Crippen LogP) is 3.68. The van der Waals surface area contributed by atoms with Gasteiger partial charge in [-0.05, 0) is 38.6 Å². The van der Waals surface area contributed by atoms with Crippen LogP contribution in [0.15, 0.2) is 0 Å². The van der Waals surface area contributed by atoms with Gasteiger partial charge in [0.15, 0.2) is 0 Å². The second-order valence-corrected chi connectivity index (χ2v) is 6.95. The average Bonchev–Trinajstić information content (AvgIpc) is 2.51. The number of nitrogens with one attached hydrogen (secondary N) is 1. The van der Waals surface area contributed by atoms with Crippen LogP contribution in [0.3, 0.4) is 0 Å². The van der Waals surface area contributed by atoms with Gasteiger partial charge in [-0.1, -0.05) is 40.5 Å². The minimum Gasteiger partial charge on any atom is -0.379 e. The first-order chi connectivity index (χ1) is 10.1. The van der Waals surface area contributed by atoms with Gasteiger partial charge in [-0.25, -0.2) is 0 Å². The first-order valence-corrected chi connectivity index (χ1v) is 9.14. The van der Waals surface area contributed by atoms with E-state index in [0.29, 0.717) is 6.04 Å². The number of rotatable bonds is 10. The molecule has 0 amide bonds. The summed E-state index contributed by atoms with van der Waals surface area (Å²) in [5.74, 6) is 0.802. The molecule has 1 aliphatic heterocycles. The molecule has 3 unspecified atom stereocenters. The van der Waals surface area contributed by atoms with Crippen molar-refractivity contribution >= 4 is 0 Å². The monoisotopic (exact) mass is 298 g/mol. The summed E-state index contributed by atoms with van der Waals surface area (Å²) in [4.78, 5) is 2.67. The number of morpholine rings is 1. The van der Waals surface area contributed by atoms with Crippen molar-refractivity contribution in [3.05, 3.63) is 0 Å². The van der Waals surface area contributed by atoms with Crippen molar-refractivity contribution in [1.82, 2.24) is 10.2 Å². The Morgan fingerprint density at radius 2 is 1.81 bits per heavy atom. The average molecular weight is 299 g/mol. The molecule has 3 atom stereocenters. The van der Waals surface area contributed by atoms with Gasteiger partial charge >= 0.3 is 0 Å². The summed E-state index contributed by atoms with van der Waals surface area (Å²) in [5, 5.41) is 3.87. The van der Waals surface area contributed by atoms with Crippen molar-refractivity contribution in [1.29, 1.82) is 0 Å². The van der Waals surface area contributed by atoms with E-state index in [9.17, 15) is 0 Å². The quantitative estimate of drug-likeness (QED) is 0.666. The minimum atomic E-state index is 0.251. The molecule has 1 heterocycles. The van der Waals surface area contributed by atoms with Gasteiger partial charge in [0.05, 0.1) is 13.2 Å². The number of ether oxygens (including phenoxy) is 1. The topological polar surface area (TPSA) is 24.5 Å². The van der Waals surface area contributed by atoms with Gasteiger partial charge in [0.1, 0.15) is 0 Å². The summed E-state index contributed by atoms with van der Waals surface area (Å²) >= 11 is 0. The molecule has 0 bridgehead atoms. The third-order valence-corrected chi connectivity index (χ3v) is 5.26. The van der Waals surface area contributed by atoms with Crippen LogP contribution in [0.2, 0.25) is 0 Å². The van der Waals surface area contributed by atoms with Gasteiger partial charge in [0.25, 0.3) is 0 Å². The molecule has 126 valence electrons. The molecule has 21 heavy (non-hydrogen) atoms. The summed E-state index contributed by atoms with van der Waals surface area (Å²) in [7, 11) is 0. The van der Waals surface area contributed by atoms with Crippen LogP contribution in [0.4, 0.5) is 0 Å². The molecule has 1 fully saturated rings.